The smallest absolute Gasteiger partial charge is 0.329 e. The zero-order chi connectivity index (χ0) is 42.8. The molecular formula is C42H52N6O10. The van der Waals surface area contributed by atoms with E-state index in [1.54, 1.807) is 52.0 Å². The second-order valence-electron chi connectivity index (χ2n) is 15.1. The van der Waals surface area contributed by atoms with Crippen molar-refractivity contribution in [3.63, 3.8) is 0 Å². The Balaban J connectivity index is 1.47. The van der Waals surface area contributed by atoms with Crippen LogP contribution in [-0.4, -0.2) is 113 Å². The zero-order valence-electron chi connectivity index (χ0n) is 34.0. The molecule has 0 bridgehead atoms. The highest BCUT2D eigenvalue weighted by Crippen LogP contribution is 2.24. The summed E-state index contributed by atoms with van der Waals surface area (Å²) in [4.78, 5) is 96.0. The molecule has 1 aliphatic heterocycles. The van der Waals surface area contributed by atoms with Crippen LogP contribution in [0, 0.1) is 10.1 Å². The lowest BCUT2D eigenvalue weighted by Gasteiger charge is -2.36. The van der Waals surface area contributed by atoms with Gasteiger partial charge in [-0.2, -0.15) is 0 Å². The molecule has 310 valence electrons. The molecule has 4 rings (SSSR count). The first-order chi connectivity index (χ1) is 27.4. The van der Waals surface area contributed by atoms with E-state index >= 15 is 0 Å². The SMILES string of the molecule is COc1ccc(C(=O)N(C)C(C)(C)C(=O)N[C@@H](CCCNC(=O)C(C)(C)N(C)C(=O)c2ccc([N+](=O)[O-])cc2)C(=O)N2CCC[C@H]2C(=O)OCc2ccccc2)cc1. The van der Waals surface area contributed by atoms with Gasteiger partial charge in [0.1, 0.15) is 35.5 Å². The Hall–Kier alpha value is -6.32. The molecule has 3 aromatic rings. The van der Waals surface area contributed by atoms with Crippen molar-refractivity contribution in [1.82, 2.24) is 25.3 Å². The number of methoxy groups -OCH3 is 1. The quantitative estimate of drug-likeness (QED) is 0.0867. The van der Waals surface area contributed by atoms with Crippen molar-refractivity contribution in [1.29, 1.82) is 0 Å². The standard InChI is InChI=1S/C42H52N6O10/c1-41(2,45(5)35(49)29-17-21-31(22-18-29)48(55)56)39(53)43-25-11-15-33(37(51)47-26-12-16-34(47)38(52)58-27-28-13-9-8-10-14-28)44-40(54)42(3,4)46(6)36(50)30-19-23-32(57-7)24-20-30/h8-10,13-14,17-24,33-34H,11-12,15-16,25-27H2,1-7H3,(H,43,53)(H,44,54)/t33-,34-/m0/s1. The monoisotopic (exact) mass is 800 g/mol. The fourth-order valence-corrected chi connectivity index (χ4v) is 6.28. The predicted molar refractivity (Wildman–Crippen MR) is 214 cm³/mol. The van der Waals surface area contributed by atoms with Crippen molar-refractivity contribution >= 4 is 41.2 Å². The van der Waals surface area contributed by atoms with Gasteiger partial charge in [-0.25, -0.2) is 4.79 Å². The Morgan fingerprint density at radius 3 is 1.95 bits per heavy atom. The van der Waals surface area contributed by atoms with Gasteiger partial charge in [-0.15, -0.1) is 0 Å². The normalized spacial score (nSPS) is 14.5. The van der Waals surface area contributed by atoms with Crippen LogP contribution < -0.4 is 15.4 Å². The molecule has 0 aliphatic carbocycles. The van der Waals surface area contributed by atoms with Crippen LogP contribution in [0.25, 0.3) is 0 Å². The molecule has 2 atom stereocenters. The molecule has 0 radical (unpaired) electrons. The summed E-state index contributed by atoms with van der Waals surface area (Å²) in [5.41, 5.74) is -1.69. The number of nitrogens with zero attached hydrogens (tertiary/aromatic N) is 4. The molecule has 1 saturated heterocycles. The number of nitro benzene ring substituents is 1. The molecule has 3 aromatic carbocycles. The maximum atomic E-state index is 14.3. The summed E-state index contributed by atoms with van der Waals surface area (Å²) in [6.07, 6.45) is 1.18. The second-order valence-corrected chi connectivity index (χ2v) is 15.1. The number of hydrogen-bond donors (Lipinski definition) is 2. The predicted octanol–water partition coefficient (Wildman–Crippen LogP) is 4.12. The molecule has 58 heavy (non-hydrogen) atoms. The average molecular weight is 801 g/mol. The topological polar surface area (TPSA) is 198 Å². The van der Waals surface area contributed by atoms with E-state index < -0.39 is 63.6 Å². The number of nitro groups is 1. The first-order valence-electron chi connectivity index (χ1n) is 18.9. The summed E-state index contributed by atoms with van der Waals surface area (Å²) in [6.45, 7) is 6.57. The van der Waals surface area contributed by atoms with Crippen LogP contribution in [0.5, 0.6) is 5.75 Å². The maximum absolute atomic E-state index is 14.3. The van der Waals surface area contributed by atoms with Crippen LogP contribution >= 0.6 is 0 Å². The number of likely N-dealkylation sites (N-methyl/N-ethyl adjacent to an activating group) is 2. The van der Waals surface area contributed by atoms with E-state index in [1.165, 1.54) is 60.2 Å². The Morgan fingerprint density at radius 1 is 0.845 bits per heavy atom. The van der Waals surface area contributed by atoms with Gasteiger partial charge >= 0.3 is 5.97 Å². The highest BCUT2D eigenvalue weighted by molar-refractivity contribution is 6.00. The molecule has 0 saturated carbocycles. The fourth-order valence-electron chi connectivity index (χ4n) is 6.28. The van der Waals surface area contributed by atoms with Crippen LogP contribution in [-0.2, 0) is 30.5 Å². The van der Waals surface area contributed by atoms with Gasteiger partial charge in [0.15, 0.2) is 0 Å². The van der Waals surface area contributed by atoms with Crippen molar-refractivity contribution < 1.29 is 43.2 Å². The fraction of sp³-hybridized carbons (Fsp3) is 0.429. The lowest BCUT2D eigenvalue weighted by atomic mass is 9.98. The highest BCUT2D eigenvalue weighted by atomic mass is 16.6. The third-order valence-electron chi connectivity index (χ3n) is 10.7. The lowest BCUT2D eigenvalue weighted by molar-refractivity contribution is -0.384. The van der Waals surface area contributed by atoms with Crippen LogP contribution in [0.15, 0.2) is 78.9 Å². The van der Waals surface area contributed by atoms with Gasteiger partial charge in [-0.3, -0.25) is 34.1 Å². The Morgan fingerprint density at radius 2 is 1.40 bits per heavy atom. The van der Waals surface area contributed by atoms with E-state index in [9.17, 15) is 38.9 Å². The minimum Gasteiger partial charge on any atom is -0.497 e. The van der Waals surface area contributed by atoms with Gasteiger partial charge in [0.25, 0.3) is 17.5 Å². The number of benzene rings is 3. The molecule has 5 amide bonds. The molecule has 16 nitrogen and oxygen atoms in total. The number of carbonyl (C=O) groups excluding carboxylic acids is 6. The van der Waals surface area contributed by atoms with Crippen LogP contribution in [0.1, 0.15) is 79.7 Å². The summed E-state index contributed by atoms with van der Waals surface area (Å²) in [5.74, 6) is -2.59. The van der Waals surface area contributed by atoms with Gasteiger partial charge in [0.2, 0.25) is 17.7 Å². The van der Waals surface area contributed by atoms with Crippen LogP contribution in [0.4, 0.5) is 5.69 Å². The number of rotatable bonds is 17. The maximum Gasteiger partial charge on any atom is 0.329 e. The zero-order valence-corrected chi connectivity index (χ0v) is 34.0. The molecule has 1 heterocycles. The third kappa shape index (κ3) is 10.5. The number of carbonyl (C=O) groups is 6. The second kappa shape index (κ2) is 19.2. The Kier molecular flexibility index (Phi) is 14.7. The summed E-state index contributed by atoms with van der Waals surface area (Å²) >= 11 is 0. The number of likely N-dealkylation sites (tertiary alicyclic amines) is 1. The van der Waals surface area contributed by atoms with Crippen molar-refractivity contribution in [2.75, 3.05) is 34.3 Å². The van der Waals surface area contributed by atoms with Crippen LogP contribution in [0.3, 0.4) is 0 Å². The van der Waals surface area contributed by atoms with Gasteiger partial charge in [0.05, 0.1) is 12.0 Å². The van der Waals surface area contributed by atoms with E-state index in [2.05, 4.69) is 10.6 Å². The van der Waals surface area contributed by atoms with Gasteiger partial charge < -0.3 is 34.8 Å². The molecule has 2 N–H and O–H groups in total. The highest BCUT2D eigenvalue weighted by Gasteiger charge is 2.42. The summed E-state index contributed by atoms with van der Waals surface area (Å²) in [5, 5.41) is 16.7. The number of esters is 1. The molecule has 0 aromatic heterocycles. The molecule has 0 spiro atoms. The molecular weight excluding hydrogens is 748 g/mol. The number of amides is 5. The van der Waals surface area contributed by atoms with Crippen molar-refractivity contribution in [3.8, 4) is 5.75 Å². The summed E-state index contributed by atoms with van der Waals surface area (Å²) in [6, 6.07) is 18.6. The van der Waals surface area contributed by atoms with Crippen LogP contribution in [0.2, 0.25) is 0 Å². The number of non-ortho nitro benzene ring substituents is 1. The van der Waals surface area contributed by atoms with Gasteiger partial charge in [0, 0.05) is 50.4 Å². The number of hydrogen-bond acceptors (Lipinski definition) is 10. The van der Waals surface area contributed by atoms with Crippen molar-refractivity contribution in [2.24, 2.45) is 0 Å². The molecule has 1 aliphatic rings. The van der Waals surface area contributed by atoms with E-state index in [0.29, 0.717) is 24.2 Å². The Labute approximate surface area is 338 Å². The molecule has 0 unspecified atom stereocenters. The lowest BCUT2D eigenvalue weighted by Crippen LogP contribution is -2.60. The first kappa shape index (κ1) is 44.4. The van der Waals surface area contributed by atoms with Gasteiger partial charge in [-0.05, 0) is 95.3 Å². The number of ether oxygens (including phenoxy) is 2. The third-order valence-corrected chi connectivity index (χ3v) is 10.7. The molecule has 1 fully saturated rings. The van der Waals surface area contributed by atoms with Crippen molar-refractivity contribution in [3.05, 3.63) is 106 Å². The van der Waals surface area contributed by atoms with E-state index in [0.717, 1.165) is 5.56 Å². The largest absolute Gasteiger partial charge is 0.497 e. The van der Waals surface area contributed by atoms with Crippen molar-refractivity contribution in [2.45, 2.75) is 83.1 Å². The minimum absolute atomic E-state index is 0.0336. The van der Waals surface area contributed by atoms with Gasteiger partial charge in [-0.1, -0.05) is 30.3 Å². The summed E-state index contributed by atoms with van der Waals surface area (Å²) in [7, 11) is 4.44. The molecule has 16 heteroatoms. The van der Waals surface area contributed by atoms with E-state index in [1.807, 2.05) is 30.3 Å². The summed E-state index contributed by atoms with van der Waals surface area (Å²) < 4.78 is 10.8. The first-order valence-corrected chi connectivity index (χ1v) is 18.9. The average Bonchev–Trinajstić information content (AvgIpc) is 3.73. The van der Waals surface area contributed by atoms with E-state index in [-0.39, 0.29) is 43.8 Å². The number of nitrogens with one attached hydrogen (secondary N) is 2. The Bertz CT molecular complexity index is 1970. The van der Waals surface area contributed by atoms with E-state index in [4.69, 9.17) is 9.47 Å². The minimum atomic E-state index is -1.44.